The van der Waals surface area contributed by atoms with Crippen molar-refractivity contribution < 1.29 is 17.9 Å². The van der Waals surface area contributed by atoms with Crippen molar-refractivity contribution in [3.8, 4) is 22.8 Å². The van der Waals surface area contributed by atoms with E-state index in [4.69, 9.17) is 37.7 Å². The fraction of sp³-hybridized carbons (Fsp3) is 0.286. The number of thiazole rings is 1. The molecule has 0 radical (unpaired) electrons. The van der Waals surface area contributed by atoms with E-state index in [0.717, 1.165) is 16.4 Å². The molecular weight excluding hydrogens is 493 g/mol. The first-order valence-corrected chi connectivity index (χ1v) is 12.8. The van der Waals surface area contributed by atoms with E-state index in [0.29, 0.717) is 42.0 Å². The molecule has 11 heteroatoms. The minimum atomic E-state index is -3.70. The van der Waals surface area contributed by atoms with E-state index in [1.807, 2.05) is 11.4 Å². The average molecular weight is 514 g/mol. The number of hydrogen-bond donors (Lipinski definition) is 0. The first-order chi connectivity index (χ1) is 15.3. The highest BCUT2D eigenvalue weighted by Gasteiger charge is 2.31. The molecule has 32 heavy (non-hydrogen) atoms. The molecule has 0 aliphatic carbocycles. The maximum Gasteiger partial charge on any atom is 0.246 e. The van der Waals surface area contributed by atoms with Crippen molar-refractivity contribution in [1.29, 1.82) is 0 Å². The second kappa shape index (κ2) is 9.44. The van der Waals surface area contributed by atoms with Crippen LogP contribution in [0.25, 0.3) is 11.3 Å². The Bertz CT molecular complexity index is 1230. The number of ether oxygens (including phenoxy) is 2. The lowest BCUT2D eigenvalue weighted by Crippen LogP contribution is -2.48. The van der Waals surface area contributed by atoms with Crippen LogP contribution in [0.15, 0.2) is 46.7 Å². The van der Waals surface area contributed by atoms with Crippen molar-refractivity contribution in [2.45, 2.75) is 4.90 Å². The van der Waals surface area contributed by atoms with Gasteiger partial charge in [0.15, 0.2) is 5.13 Å². The van der Waals surface area contributed by atoms with Gasteiger partial charge in [0.2, 0.25) is 10.0 Å². The van der Waals surface area contributed by atoms with E-state index in [2.05, 4.69) is 4.90 Å². The lowest BCUT2D eigenvalue weighted by Gasteiger charge is -2.34. The number of sulfonamides is 1. The van der Waals surface area contributed by atoms with Crippen molar-refractivity contribution in [3.63, 3.8) is 0 Å². The van der Waals surface area contributed by atoms with E-state index in [1.165, 1.54) is 35.9 Å². The molecule has 1 aromatic heterocycles. The van der Waals surface area contributed by atoms with Crippen LogP contribution < -0.4 is 14.4 Å². The molecule has 1 saturated heterocycles. The van der Waals surface area contributed by atoms with Gasteiger partial charge in [-0.15, -0.1) is 11.3 Å². The normalized spacial score (nSPS) is 15.1. The number of piperazine rings is 1. The number of methoxy groups -OCH3 is 2. The summed E-state index contributed by atoms with van der Waals surface area (Å²) in [4.78, 5) is 6.92. The molecule has 0 spiro atoms. The second-order valence-electron chi connectivity index (χ2n) is 7.05. The lowest BCUT2D eigenvalue weighted by molar-refractivity contribution is 0.370. The van der Waals surface area contributed by atoms with Crippen molar-refractivity contribution in [2.75, 3.05) is 45.3 Å². The van der Waals surface area contributed by atoms with Crippen LogP contribution in [0, 0.1) is 0 Å². The standard InChI is InChI=1S/C21H21Cl2N3O4S2/c1-29-15-4-6-20(19(12-15)30-2)32(27,28)26-9-7-25(8-10-26)21-24-18(13-31-21)14-3-5-16(22)17(23)11-14/h3-6,11-13H,7-10H2,1-2H3. The Morgan fingerprint density at radius 3 is 2.38 bits per heavy atom. The molecule has 3 aromatic rings. The SMILES string of the molecule is COc1ccc(S(=O)(=O)N2CCN(c3nc(-c4ccc(Cl)c(Cl)c4)cs3)CC2)c(OC)c1. The first kappa shape index (κ1) is 23.1. The van der Waals surface area contributed by atoms with Crippen LogP contribution in [0.1, 0.15) is 0 Å². The summed E-state index contributed by atoms with van der Waals surface area (Å²) < 4.78 is 38.3. The molecule has 0 unspecified atom stereocenters. The fourth-order valence-corrected chi connectivity index (χ4v) is 6.19. The topological polar surface area (TPSA) is 72.0 Å². The van der Waals surface area contributed by atoms with Crippen LogP contribution in [-0.4, -0.2) is 58.1 Å². The molecule has 0 saturated carbocycles. The van der Waals surface area contributed by atoms with E-state index in [1.54, 1.807) is 24.3 Å². The predicted octanol–water partition coefficient (Wildman–Crippen LogP) is 4.65. The van der Waals surface area contributed by atoms with Gasteiger partial charge in [0.25, 0.3) is 0 Å². The number of benzene rings is 2. The third-order valence-electron chi connectivity index (χ3n) is 5.21. The lowest BCUT2D eigenvalue weighted by atomic mass is 10.2. The summed E-state index contributed by atoms with van der Waals surface area (Å²) in [5.74, 6) is 0.796. The summed E-state index contributed by atoms with van der Waals surface area (Å²) >= 11 is 13.6. The maximum atomic E-state index is 13.2. The quantitative estimate of drug-likeness (QED) is 0.477. The van der Waals surface area contributed by atoms with Gasteiger partial charge < -0.3 is 14.4 Å². The number of rotatable bonds is 6. The number of nitrogens with zero attached hydrogens (tertiary/aromatic N) is 3. The number of anilines is 1. The molecule has 170 valence electrons. The second-order valence-corrected chi connectivity index (χ2v) is 10.6. The highest BCUT2D eigenvalue weighted by molar-refractivity contribution is 7.89. The molecule has 0 N–H and O–H groups in total. The molecule has 1 aliphatic rings. The van der Waals surface area contributed by atoms with E-state index < -0.39 is 10.0 Å². The van der Waals surface area contributed by atoms with E-state index >= 15 is 0 Å². The largest absolute Gasteiger partial charge is 0.497 e. The van der Waals surface area contributed by atoms with Gasteiger partial charge in [-0.3, -0.25) is 0 Å². The zero-order chi connectivity index (χ0) is 22.9. The third-order valence-corrected chi connectivity index (χ3v) is 8.78. The van der Waals surface area contributed by atoms with Crippen LogP contribution in [0.2, 0.25) is 10.0 Å². The average Bonchev–Trinajstić information content (AvgIpc) is 3.30. The summed E-state index contributed by atoms with van der Waals surface area (Å²) in [6, 6.07) is 10.1. The molecule has 0 bridgehead atoms. The molecule has 4 rings (SSSR count). The highest BCUT2D eigenvalue weighted by Crippen LogP contribution is 2.34. The van der Waals surface area contributed by atoms with Crippen LogP contribution in [0.3, 0.4) is 0 Å². The summed E-state index contributed by atoms with van der Waals surface area (Å²) in [7, 11) is -0.734. The van der Waals surface area contributed by atoms with Crippen LogP contribution in [0.5, 0.6) is 11.5 Å². The fourth-order valence-electron chi connectivity index (χ4n) is 3.44. The molecule has 0 atom stereocenters. The number of hydrogen-bond acceptors (Lipinski definition) is 7. The minimum Gasteiger partial charge on any atom is -0.497 e. The molecule has 1 aliphatic heterocycles. The Morgan fingerprint density at radius 1 is 0.969 bits per heavy atom. The summed E-state index contributed by atoms with van der Waals surface area (Å²) in [5.41, 5.74) is 1.69. The summed E-state index contributed by atoms with van der Waals surface area (Å²) in [6.45, 7) is 1.76. The molecular formula is C21H21Cl2N3O4S2. The van der Waals surface area contributed by atoms with Gasteiger partial charge >= 0.3 is 0 Å². The van der Waals surface area contributed by atoms with Gasteiger partial charge in [-0.05, 0) is 24.3 Å². The highest BCUT2D eigenvalue weighted by atomic mass is 35.5. The Balaban J connectivity index is 1.48. The zero-order valence-electron chi connectivity index (χ0n) is 17.4. The van der Waals surface area contributed by atoms with E-state index in [-0.39, 0.29) is 10.6 Å². The van der Waals surface area contributed by atoms with Crippen molar-refractivity contribution in [2.24, 2.45) is 0 Å². The zero-order valence-corrected chi connectivity index (χ0v) is 20.6. The molecule has 0 amide bonds. The third kappa shape index (κ3) is 4.53. The van der Waals surface area contributed by atoms with Gasteiger partial charge in [0, 0.05) is 43.2 Å². The molecule has 2 aromatic carbocycles. The van der Waals surface area contributed by atoms with Crippen molar-refractivity contribution in [3.05, 3.63) is 51.8 Å². The van der Waals surface area contributed by atoms with Crippen LogP contribution in [0.4, 0.5) is 5.13 Å². The molecule has 7 nitrogen and oxygen atoms in total. The van der Waals surface area contributed by atoms with Crippen LogP contribution in [-0.2, 0) is 10.0 Å². The van der Waals surface area contributed by atoms with Crippen LogP contribution >= 0.6 is 34.5 Å². The maximum absolute atomic E-state index is 13.2. The van der Waals surface area contributed by atoms with Gasteiger partial charge in [-0.2, -0.15) is 4.31 Å². The molecule has 1 fully saturated rings. The van der Waals surface area contributed by atoms with Gasteiger partial charge in [0.1, 0.15) is 16.4 Å². The first-order valence-electron chi connectivity index (χ1n) is 9.71. The number of halogens is 2. The van der Waals surface area contributed by atoms with Crippen molar-refractivity contribution >= 4 is 49.7 Å². The van der Waals surface area contributed by atoms with E-state index in [9.17, 15) is 8.42 Å². The minimum absolute atomic E-state index is 0.130. The summed E-state index contributed by atoms with van der Waals surface area (Å²) in [6.07, 6.45) is 0. The molecule has 2 heterocycles. The number of aromatic nitrogens is 1. The Hall–Kier alpha value is -2.04. The smallest absolute Gasteiger partial charge is 0.246 e. The van der Waals surface area contributed by atoms with Gasteiger partial charge in [-0.1, -0.05) is 29.3 Å². The van der Waals surface area contributed by atoms with Crippen molar-refractivity contribution in [1.82, 2.24) is 9.29 Å². The monoisotopic (exact) mass is 513 g/mol. The Labute approximate surface area is 201 Å². The predicted molar refractivity (Wildman–Crippen MR) is 128 cm³/mol. The van der Waals surface area contributed by atoms with Gasteiger partial charge in [0.05, 0.1) is 30.0 Å². The van der Waals surface area contributed by atoms with Gasteiger partial charge in [-0.25, -0.2) is 13.4 Å². The Kier molecular flexibility index (Phi) is 6.83. The summed E-state index contributed by atoms with van der Waals surface area (Å²) in [5, 5.41) is 3.77. The Morgan fingerprint density at radius 2 is 1.72 bits per heavy atom.